The number of nitrogens with zero attached hydrogens (tertiary/aromatic N) is 1. The van der Waals surface area contributed by atoms with E-state index < -0.39 is 0 Å². The monoisotopic (exact) mass is 257 g/mol. The molecule has 0 N–H and O–H groups in total. The van der Waals surface area contributed by atoms with Crippen LogP contribution in [0.5, 0.6) is 5.75 Å². The first kappa shape index (κ1) is 12.0. The molecule has 0 saturated heterocycles. The highest BCUT2D eigenvalue weighted by Gasteiger charge is 2.17. The van der Waals surface area contributed by atoms with Crippen LogP contribution in [0, 0.1) is 5.82 Å². The van der Waals surface area contributed by atoms with Gasteiger partial charge >= 0.3 is 0 Å². The second-order valence-corrected chi connectivity index (χ2v) is 4.67. The van der Waals surface area contributed by atoms with Crippen molar-refractivity contribution in [1.82, 2.24) is 0 Å². The van der Waals surface area contributed by atoms with E-state index in [1.54, 1.807) is 12.1 Å². The first-order valence-electron chi connectivity index (χ1n) is 6.54. The Morgan fingerprint density at radius 2 is 1.84 bits per heavy atom. The molecule has 0 bridgehead atoms. The Balaban J connectivity index is 1.55. The number of fused-ring (bicyclic) bond motifs is 1. The molecule has 0 atom stereocenters. The summed E-state index contributed by atoms with van der Waals surface area (Å²) in [6, 6.07) is 14.6. The minimum Gasteiger partial charge on any atom is -0.492 e. The SMILES string of the molecule is Fc1ccc(OCCN2CCc3ccccc32)cc1. The van der Waals surface area contributed by atoms with Gasteiger partial charge in [-0.3, -0.25) is 0 Å². The average Bonchev–Trinajstić information content (AvgIpc) is 2.85. The molecule has 2 nitrogen and oxygen atoms in total. The van der Waals surface area contributed by atoms with E-state index >= 15 is 0 Å². The molecule has 0 spiro atoms. The zero-order valence-corrected chi connectivity index (χ0v) is 10.7. The number of para-hydroxylation sites is 1. The van der Waals surface area contributed by atoms with Crippen LogP contribution in [0.4, 0.5) is 10.1 Å². The van der Waals surface area contributed by atoms with Crippen molar-refractivity contribution in [2.45, 2.75) is 6.42 Å². The zero-order valence-electron chi connectivity index (χ0n) is 10.7. The van der Waals surface area contributed by atoms with E-state index in [1.165, 1.54) is 23.4 Å². The summed E-state index contributed by atoms with van der Waals surface area (Å²) in [5.41, 5.74) is 2.72. The number of rotatable bonds is 4. The van der Waals surface area contributed by atoms with Crippen molar-refractivity contribution in [3.63, 3.8) is 0 Å². The van der Waals surface area contributed by atoms with Gasteiger partial charge in [0.05, 0.1) is 6.54 Å². The Morgan fingerprint density at radius 3 is 2.68 bits per heavy atom. The van der Waals surface area contributed by atoms with Crippen molar-refractivity contribution < 1.29 is 9.13 Å². The predicted molar refractivity (Wildman–Crippen MR) is 74.3 cm³/mol. The maximum atomic E-state index is 12.8. The molecule has 19 heavy (non-hydrogen) atoms. The van der Waals surface area contributed by atoms with Crippen LogP contribution in [0.15, 0.2) is 48.5 Å². The number of anilines is 1. The molecule has 0 fully saturated rings. The van der Waals surface area contributed by atoms with Crippen molar-refractivity contribution in [2.24, 2.45) is 0 Å². The van der Waals surface area contributed by atoms with Crippen LogP contribution >= 0.6 is 0 Å². The lowest BCUT2D eigenvalue weighted by molar-refractivity contribution is 0.324. The largest absolute Gasteiger partial charge is 0.492 e. The van der Waals surface area contributed by atoms with Crippen LogP contribution in [-0.2, 0) is 6.42 Å². The highest BCUT2D eigenvalue weighted by Crippen LogP contribution is 2.26. The summed E-state index contributed by atoms with van der Waals surface area (Å²) in [6.07, 6.45) is 1.10. The van der Waals surface area contributed by atoms with Crippen LogP contribution < -0.4 is 9.64 Å². The quantitative estimate of drug-likeness (QED) is 0.833. The molecule has 0 aromatic heterocycles. The third-order valence-corrected chi connectivity index (χ3v) is 3.43. The van der Waals surface area contributed by atoms with Crippen LogP contribution in [0.2, 0.25) is 0 Å². The summed E-state index contributed by atoms with van der Waals surface area (Å²) >= 11 is 0. The highest BCUT2D eigenvalue weighted by molar-refractivity contribution is 5.57. The summed E-state index contributed by atoms with van der Waals surface area (Å²) in [6.45, 7) is 2.51. The fourth-order valence-electron chi connectivity index (χ4n) is 2.44. The van der Waals surface area contributed by atoms with E-state index in [0.717, 1.165) is 19.5 Å². The van der Waals surface area contributed by atoms with Gasteiger partial charge in [-0.05, 0) is 42.3 Å². The summed E-state index contributed by atoms with van der Waals surface area (Å²) in [5.74, 6) is 0.481. The molecule has 1 aliphatic heterocycles. The molecule has 0 saturated carbocycles. The van der Waals surface area contributed by atoms with Gasteiger partial charge < -0.3 is 9.64 Å². The molecule has 3 heteroatoms. The van der Waals surface area contributed by atoms with Crippen LogP contribution in [0.25, 0.3) is 0 Å². The Hall–Kier alpha value is -2.03. The van der Waals surface area contributed by atoms with Crippen molar-refractivity contribution in [3.05, 3.63) is 59.9 Å². The summed E-state index contributed by atoms with van der Waals surface area (Å²) in [7, 11) is 0. The van der Waals surface area contributed by atoms with E-state index in [-0.39, 0.29) is 5.82 Å². The van der Waals surface area contributed by atoms with Crippen molar-refractivity contribution >= 4 is 5.69 Å². The molecule has 1 aliphatic rings. The fraction of sp³-hybridized carbons (Fsp3) is 0.250. The van der Waals surface area contributed by atoms with E-state index in [4.69, 9.17) is 4.74 Å². The van der Waals surface area contributed by atoms with Crippen molar-refractivity contribution in [1.29, 1.82) is 0 Å². The van der Waals surface area contributed by atoms with E-state index in [1.807, 2.05) is 0 Å². The molecule has 1 heterocycles. The molecule has 2 aromatic rings. The number of hydrogen-bond acceptors (Lipinski definition) is 2. The minimum absolute atomic E-state index is 0.235. The Labute approximate surface area is 112 Å². The van der Waals surface area contributed by atoms with Gasteiger partial charge in [-0.15, -0.1) is 0 Å². The topological polar surface area (TPSA) is 12.5 Å². The van der Waals surface area contributed by atoms with Gasteiger partial charge in [0, 0.05) is 12.2 Å². The lowest BCUT2D eigenvalue weighted by Gasteiger charge is -2.19. The summed E-state index contributed by atoms with van der Waals surface area (Å²) in [4.78, 5) is 2.33. The molecule has 0 aliphatic carbocycles. The highest BCUT2D eigenvalue weighted by atomic mass is 19.1. The Morgan fingerprint density at radius 1 is 1.05 bits per heavy atom. The van der Waals surface area contributed by atoms with Crippen LogP contribution in [0.1, 0.15) is 5.56 Å². The molecule has 3 rings (SSSR count). The summed E-state index contributed by atoms with van der Waals surface area (Å²) in [5, 5.41) is 0. The third-order valence-electron chi connectivity index (χ3n) is 3.43. The van der Waals surface area contributed by atoms with Gasteiger partial charge in [0.15, 0.2) is 0 Å². The maximum Gasteiger partial charge on any atom is 0.123 e. The molecule has 0 radical (unpaired) electrons. The van der Waals surface area contributed by atoms with Gasteiger partial charge in [0.2, 0.25) is 0 Å². The molecular formula is C16H16FNO. The Bertz CT molecular complexity index is 553. The normalized spacial score (nSPS) is 13.4. The van der Waals surface area contributed by atoms with Gasteiger partial charge in [-0.25, -0.2) is 4.39 Å². The molecular weight excluding hydrogens is 241 g/mol. The number of hydrogen-bond donors (Lipinski definition) is 0. The number of ether oxygens (including phenoxy) is 1. The van der Waals surface area contributed by atoms with E-state index in [0.29, 0.717) is 12.4 Å². The number of benzene rings is 2. The smallest absolute Gasteiger partial charge is 0.123 e. The first-order valence-corrected chi connectivity index (χ1v) is 6.54. The molecule has 2 aromatic carbocycles. The zero-order chi connectivity index (χ0) is 13.1. The second kappa shape index (κ2) is 5.31. The molecule has 0 amide bonds. The average molecular weight is 257 g/mol. The molecule has 0 unspecified atom stereocenters. The minimum atomic E-state index is -0.235. The maximum absolute atomic E-state index is 12.8. The van der Waals surface area contributed by atoms with E-state index in [9.17, 15) is 4.39 Å². The van der Waals surface area contributed by atoms with Gasteiger partial charge in [-0.2, -0.15) is 0 Å². The van der Waals surface area contributed by atoms with Crippen LogP contribution in [-0.4, -0.2) is 19.7 Å². The van der Waals surface area contributed by atoms with E-state index in [2.05, 4.69) is 29.2 Å². The summed E-state index contributed by atoms with van der Waals surface area (Å²) < 4.78 is 18.4. The standard InChI is InChI=1S/C16H16FNO/c17-14-5-7-15(8-6-14)19-12-11-18-10-9-13-3-1-2-4-16(13)18/h1-8H,9-12H2. The fourth-order valence-corrected chi connectivity index (χ4v) is 2.44. The van der Waals surface area contributed by atoms with Gasteiger partial charge in [-0.1, -0.05) is 18.2 Å². The van der Waals surface area contributed by atoms with Crippen molar-refractivity contribution in [3.8, 4) is 5.75 Å². The lowest BCUT2D eigenvalue weighted by atomic mass is 10.2. The predicted octanol–water partition coefficient (Wildman–Crippen LogP) is 3.27. The Kier molecular flexibility index (Phi) is 3.36. The first-order chi connectivity index (χ1) is 9.33. The molecule has 98 valence electrons. The van der Waals surface area contributed by atoms with Gasteiger partial charge in [0.25, 0.3) is 0 Å². The van der Waals surface area contributed by atoms with Crippen molar-refractivity contribution in [2.75, 3.05) is 24.6 Å². The third kappa shape index (κ3) is 2.70. The second-order valence-electron chi connectivity index (χ2n) is 4.67. The van der Waals surface area contributed by atoms with Gasteiger partial charge in [0.1, 0.15) is 18.2 Å². The lowest BCUT2D eigenvalue weighted by Crippen LogP contribution is -2.26. The van der Waals surface area contributed by atoms with Crippen LogP contribution in [0.3, 0.4) is 0 Å². The number of halogens is 1.